The van der Waals surface area contributed by atoms with E-state index in [1.165, 1.54) is 0 Å². The van der Waals surface area contributed by atoms with Crippen molar-refractivity contribution in [1.29, 1.82) is 0 Å². The van der Waals surface area contributed by atoms with Crippen LogP contribution in [0.4, 0.5) is 5.69 Å². The molecule has 0 spiro atoms. The molecule has 1 amide bonds. The molecule has 0 unspecified atom stereocenters. The first kappa shape index (κ1) is 17.2. The number of Topliss-reactive ketones (excluding diaryl/α,β-unsaturated/α-hetero) is 1. The van der Waals surface area contributed by atoms with Gasteiger partial charge in [-0.05, 0) is 37.1 Å². The molecule has 0 N–H and O–H groups in total. The Morgan fingerprint density at radius 1 is 0.960 bits per heavy atom. The summed E-state index contributed by atoms with van der Waals surface area (Å²) in [5.41, 5.74) is 4.05. The molecule has 0 aliphatic carbocycles. The summed E-state index contributed by atoms with van der Waals surface area (Å²) in [4.78, 5) is 28.3. The lowest BCUT2D eigenvalue weighted by Gasteiger charge is -2.36. The van der Waals surface area contributed by atoms with Gasteiger partial charge in [-0.2, -0.15) is 0 Å². The third kappa shape index (κ3) is 4.08. The third-order valence-corrected chi connectivity index (χ3v) is 4.85. The minimum atomic E-state index is 0.0777. The normalized spacial score (nSPS) is 14.5. The van der Waals surface area contributed by atoms with Gasteiger partial charge in [0.2, 0.25) is 5.91 Å². The average molecular weight is 336 g/mol. The van der Waals surface area contributed by atoms with Crippen molar-refractivity contribution < 1.29 is 9.59 Å². The summed E-state index contributed by atoms with van der Waals surface area (Å²) in [5.74, 6) is 0.264. The number of anilines is 1. The Kier molecular flexibility index (Phi) is 5.17. The Hall–Kier alpha value is -2.62. The number of ketones is 1. The standard InChI is InChI=1S/C21H24N2O2/c1-16-6-3-4-7-18(16)15-21(25)23-12-10-22(11-13-23)20-9-5-8-19(14-20)17(2)24/h3-9,14H,10-13,15H2,1-2H3. The summed E-state index contributed by atoms with van der Waals surface area (Å²) >= 11 is 0. The molecular formula is C21H24N2O2. The molecule has 2 aromatic carbocycles. The van der Waals surface area contributed by atoms with Crippen LogP contribution in [0.15, 0.2) is 48.5 Å². The molecule has 1 heterocycles. The first-order valence-corrected chi connectivity index (χ1v) is 8.73. The fraction of sp³-hybridized carbons (Fsp3) is 0.333. The molecule has 0 aromatic heterocycles. The fourth-order valence-corrected chi connectivity index (χ4v) is 3.22. The van der Waals surface area contributed by atoms with Crippen LogP contribution in [0.5, 0.6) is 0 Å². The highest BCUT2D eigenvalue weighted by Crippen LogP contribution is 2.19. The second kappa shape index (κ2) is 7.51. The quantitative estimate of drug-likeness (QED) is 0.806. The van der Waals surface area contributed by atoms with Crippen molar-refractivity contribution in [2.75, 3.05) is 31.1 Å². The minimum absolute atomic E-state index is 0.0777. The van der Waals surface area contributed by atoms with Crippen molar-refractivity contribution in [3.8, 4) is 0 Å². The third-order valence-electron chi connectivity index (χ3n) is 4.85. The van der Waals surface area contributed by atoms with Crippen molar-refractivity contribution in [2.45, 2.75) is 20.3 Å². The number of hydrogen-bond acceptors (Lipinski definition) is 3. The minimum Gasteiger partial charge on any atom is -0.368 e. The highest BCUT2D eigenvalue weighted by molar-refractivity contribution is 5.95. The molecule has 4 nitrogen and oxygen atoms in total. The molecule has 0 radical (unpaired) electrons. The van der Waals surface area contributed by atoms with Crippen molar-refractivity contribution in [1.82, 2.24) is 4.90 Å². The zero-order valence-corrected chi connectivity index (χ0v) is 14.9. The average Bonchev–Trinajstić information content (AvgIpc) is 2.64. The van der Waals surface area contributed by atoms with Gasteiger partial charge in [0.1, 0.15) is 0 Å². The molecule has 1 aliphatic rings. The number of carbonyl (C=O) groups excluding carboxylic acids is 2. The molecule has 0 bridgehead atoms. The van der Waals surface area contributed by atoms with Gasteiger partial charge in [-0.15, -0.1) is 0 Å². The Bertz CT molecular complexity index is 777. The summed E-state index contributed by atoms with van der Waals surface area (Å²) in [6, 6.07) is 15.8. The molecule has 4 heteroatoms. The van der Waals surface area contributed by atoms with Crippen molar-refractivity contribution in [3.63, 3.8) is 0 Å². The number of rotatable bonds is 4. The maximum atomic E-state index is 12.6. The SMILES string of the molecule is CC(=O)c1cccc(N2CCN(C(=O)Cc3ccccc3C)CC2)c1. The van der Waals surface area contributed by atoms with Crippen LogP contribution in [0.2, 0.25) is 0 Å². The summed E-state index contributed by atoms with van der Waals surface area (Å²) in [5, 5.41) is 0. The molecule has 3 rings (SSSR count). The van der Waals surface area contributed by atoms with Gasteiger partial charge in [-0.1, -0.05) is 36.4 Å². The van der Waals surface area contributed by atoms with Crippen LogP contribution in [0.25, 0.3) is 0 Å². The van der Waals surface area contributed by atoms with E-state index in [1.54, 1.807) is 6.92 Å². The van der Waals surface area contributed by atoms with Gasteiger partial charge in [0.25, 0.3) is 0 Å². The van der Waals surface area contributed by atoms with Crippen LogP contribution in [0.1, 0.15) is 28.4 Å². The lowest BCUT2D eigenvalue weighted by molar-refractivity contribution is -0.130. The van der Waals surface area contributed by atoms with Crippen LogP contribution in [0.3, 0.4) is 0 Å². The molecule has 25 heavy (non-hydrogen) atoms. The molecule has 2 aromatic rings. The predicted octanol–water partition coefficient (Wildman–Crippen LogP) is 3.09. The van der Waals surface area contributed by atoms with Gasteiger partial charge >= 0.3 is 0 Å². The summed E-state index contributed by atoms with van der Waals surface area (Å²) < 4.78 is 0. The van der Waals surface area contributed by atoms with Crippen LogP contribution in [0, 0.1) is 6.92 Å². The van der Waals surface area contributed by atoms with Gasteiger partial charge in [-0.25, -0.2) is 0 Å². The second-order valence-electron chi connectivity index (χ2n) is 6.58. The highest BCUT2D eigenvalue weighted by Gasteiger charge is 2.22. The number of hydrogen-bond donors (Lipinski definition) is 0. The second-order valence-corrected chi connectivity index (χ2v) is 6.58. The predicted molar refractivity (Wildman–Crippen MR) is 100 cm³/mol. The molecule has 1 saturated heterocycles. The molecule has 0 atom stereocenters. The van der Waals surface area contributed by atoms with Gasteiger partial charge in [0.15, 0.2) is 5.78 Å². The van der Waals surface area contributed by atoms with Crippen LogP contribution >= 0.6 is 0 Å². The number of nitrogens with zero attached hydrogens (tertiary/aromatic N) is 2. The lowest BCUT2D eigenvalue weighted by Crippen LogP contribution is -2.49. The van der Waals surface area contributed by atoms with Gasteiger partial charge in [0.05, 0.1) is 6.42 Å². The summed E-state index contributed by atoms with van der Waals surface area (Å²) in [7, 11) is 0. The van der Waals surface area contributed by atoms with Gasteiger partial charge < -0.3 is 9.80 Å². The van der Waals surface area contributed by atoms with E-state index in [1.807, 2.05) is 60.4 Å². The Morgan fingerprint density at radius 2 is 1.68 bits per heavy atom. The van der Waals surface area contributed by atoms with Gasteiger partial charge in [-0.3, -0.25) is 9.59 Å². The maximum Gasteiger partial charge on any atom is 0.227 e. The van der Waals surface area contributed by atoms with Gasteiger partial charge in [0, 0.05) is 37.4 Å². The topological polar surface area (TPSA) is 40.6 Å². The highest BCUT2D eigenvalue weighted by atomic mass is 16.2. The number of benzene rings is 2. The summed E-state index contributed by atoms with van der Waals surface area (Å²) in [6.45, 7) is 6.65. The van der Waals surface area contributed by atoms with Crippen molar-refractivity contribution >= 4 is 17.4 Å². The maximum absolute atomic E-state index is 12.6. The van der Waals surface area contributed by atoms with E-state index in [0.717, 1.165) is 48.6 Å². The number of carbonyl (C=O) groups is 2. The number of piperazine rings is 1. The Balaban J connectivity index is 1.60. The Labute approximate surface area is 149 Å². The van der Waals surface area contributed by atoms with E-state index in [9.17, 15) is 9.59 Å². The lowest BCUT2D eigenvalue weighted by atomic mass is 10.0. The zero-order valence-electron chi connectivity index (χ0n) is 14.9. The van der Waals surface area contributed by atoms with Crippen LogP contribution < -0.4 is 4.90 Å². The van der Waals surface area contributed by atoms with E-state index in [4.69, 9.17) is 0 Å². The number of aryl methyl sites for hydroxylation is 1. The number of amides is 1. The first-order valence-electron chi connectivity index (χ1n) is 8.73. The fourth-order valence-electron chi connectivity index (χ4n) is 3.22. The van der Waals surface area contributed by atoms with Crippen molar-refractivity contribution in [2.24, 2.45) is 0 Å². The monoisotopic (exact) mass is 336 g/mol. The van der Waals surface area contributed by atoms with E-state index < -0.39 is 0 Å². The van der Waals surface area contributed by atoms with E-state index in [0.29, 0.717) is 6.42 Å². The van der Waals surface area contributed by atoms with E-state index >= 15 is 0 Å². The largest absolute Gasteiger partial charge is 0.368 e. The Morgan fingerprint density at radius 3 is 2.36 bits per heavy atom. The molecular weight excluding hydrogens is 312 g/mol. The first-order chi connectivity index (χ1) is 12.0. The molecule has 0 saturated carbocycles. The smallest absolute Gasteiger partial charge is 0.227 e. The van der Waals surface area contributed by atoms with Crippen LogP contribution in [-0.2, 0) is 11.2 Å². The summed E-state index contributed by atoms with van der Waals surface area (Å²) in [6.07, 6.45) is 0.465. The van der Waals surface area contributed by atoms with E-state index in [-0.39, 0.29) is 11.7 Å². The molecule has 130 valence electrons. The molecule has 1 aliphatic heterocycles. The molecule has 1 fully saturated rings. The van der Waals surface area contributed by atoms with E-state index in [2.05, 4.69) is 4.90 Å². The van der Waals surface area contributed by atoms with Crippen LogP contribution in [-0.4, -0.2) is 42.8 Å². The zero-order chi connectivity index (χ0) is 17.8. The van der Waals surface area contributed by atoms with Crippen molar-refractivity contribution in [3.05, 3.63) is 65.2 Å².